The molecule has 1 aromatic carbocycles. The van der Waals surface area contributed by atoms with Gasteiger partial charge in [0.15, 0.2) is 0 Å². The fraction of sp³-hybridized carbons (Fsp3) is 0.811. The molecule has 9 heteroatoms. The molecule has 0 saturated heterocycles. The van der Waals surface area contributed by atoms with Crippen molar-refractivity contribution >= 4 is 6.29 Å². The summed E-state index contributed by atoms with van der Waals surface area (Å²) in [5, 5.41) is 0. The Bertz CT molecular complexity index is 732. The molecule has 0 aliphatic heterocycles. The molecule has 0 heterocycles. The molecule has 0 N–H and O–H groups in total. The number of benzene rings is 1. The molecule has 0 radical (unpaired) electrons. The Morgan fingerprint density at radius 1 is 0.391 bits per heavy atom. The molecule has 46 heavy (non-hydrogen) atoms. The van der Waals surface area contributed by atoms with Gasteiger partial charge in [-0.15, -0.1) is 0 Å². The van der Waals surface area contributed by atoms with Gasteiger partial charge in [0, 0.05) is 12.2 Å². The summed E-state index contributed by atoms with van der Waals surface area (Å²) in [5.74, 6) is 0.714. The van der Waals surface area contributed by atoms with Crippen LogP contribution in [-0.2, 0) is 33.2 Å². The summed E-state index contributed by atoms with van der Waals surface area (Å²) in [6.07, 6.45) is 20.1. The van der Waals surface area contributed by atoms with Crippen molar-refractivity contribution in [3.63, 3.8) is 0 Å². The van der Waals surface area contributed by atoms with Crippen molar-refractivity contribution in [1.82, 2.24) is 0 Å². The van der Waals surface area contributed by atoms with Crippen LogP contribution in [0.1, 0.15) is 107 Å². The average Bonchev–Trinajstić information content (AvgIpc) is 3.08. The highest BCUT2D eigenvalue weighted by Crippen LogP contribution is 2.13. The Morgan fingerprint density at radius 3 is 1.04 bits per heavy atom. The third-order valence-electron chi connectivity index (χ3n) is 7.39. The number of ether oxygens (including phenoxy) is 8. The quantitative estimate of drug-likeness (QED) is 0.0532. The topological polar surface area (TPSA) is 90.9 Å². The Kier molecular flexibility index (Phi) is 33.4. The molecule has 0 atom stereocenters. The summed E-state index contributed by atoms with van der Waals surface area (Å²) < 4.78 is 44.3. The first-order chi connectivity index (χ1) is 22.9. The Hall–Kier alpha value is -1.59. The van der Waals surface area contributed by atoms with Crippen molar-refractivity contribution in [3.05, 3.63) is 29.8 Å². The second-order valence-corrected chi connectivity index (χ2v) is 11.4. The fourth-order valence-electron chi connectivity index (χ4n) is 4.68. The predicted molar refractivity (Wildman–Crippen MR) is 183 cm³/mol. The molecule has 0 fully saturated rings. The van der Waals surface area contributed by atoms with Gasteiger partial charge < -0.3 is 37.9 Å². The van der Waals surface area contributed by atoms with E-state index in [1.165, 1.54) is 83.5 Å². The fourth-order valence-corrected chi connectivity index (χ4v) is 4.68. The van der Waals surface area contributed by atoms with Gasteiger partial charge in [-0.2, -0.15) is 0 Å². The van der Waals surface area contributed by atoms with Gasteiger partial charge in [-0.1, -0.05) is 90.4 Å². The average molecular weight is 655 g/mol. The lowest BCUT2D eigenvalue weighted by molar-refractivity contribution is -0.0213. The van der Waals surface area contributed by atoms with E-state index in [9.17, 15) is 4.79 Å². The van der Waals surface area contributed by atoms with E-state index in [0.29, 0.717) is 104 Å². The zero-order chi connectivity index (χ0) is 32.9. The molecule has 0 unspecified atom stereocenters. The van der Waals surface area contributed by atoms with Crippen LogP contribution in [0.5, 0.6) is 5.75 Å². The monoisotopic (exact) mass is 654 g/mol. The lowest BCUT2D eigenvalue weighted by Gasteiger charge is -2.09. The number of hydrogen-bond acceptors (Lipinski definition) is 9. The molecule has 1 rings (SSSR count). The third-order valence-corrected chi connectivity index (χ3v) is 7.39. The second-order valence-electron chi connectivity index (χ2n) is 11.4. The van der Waals surface area contributed by atoms with Gasteiger partial charge in [-0.05, 0) is 30.7 Å². The van der Waals surface area contributed by atoms with Gasteiger partial charge in [0.05, 0.1) is 85.9 Å². The summed E-state index contributed by atoms with van der Waals surface area (Å²) in [6, 6.07) is 6.97. The summed E-state index contributed by atoms with van der Waals surface area (Å²) in [4.78, 5) is 10.6. The Morgan fingerprint density at radius 2 is 0.696 bits per heavy atom. The molecule has 0 aliphatic rings. The standard InChI is InChI=1S/C37H66O9/c1-2-3-4-5-6-7-8-9-10-11-12-13-14-15-20-39-21-22-40-23-24-41-25-26-42-27-28-43-29-30-44-31-32-45-33-34-46-37-18-16-36(35-38)17-19-37/h16-19,35H,2-15,20-34H2,1H3. The van der Waals surface area contributed by atoms with Crippen molar-refractivity contribution in [3.8, 4) is 5.75 Å². The minimum absolute atomic E-state index is 0.442. The van der Waals surface area contributed by atoms with E-state index in [4.69, 9.17) is 37.9 Å². The van der Waals surface area contributed by atoms with Gasteiger partial charge in [-0.25, -0.2) is 0 Å². The molecule has 1 aromatic rings. The van der Waals surface area contributed by atoms with Crippen LogP contribution in [0.3, 0.4) is 0 Å². The largest absolute Gasteiger partial charge is 0.491 e. The first-order valence-electron chi connectivity index (χ1n) is 18.1. The zero-order valence-electron chi connectivity index (χ0n) is 29.1. The van der Waals surface area contributed by atoms with E-state index in [0.717, 1.165) is 19.3 Å². The first kappa shape index (κ1) is 42.4. The lowest BCUT2D eigenvalue weighted by atomic mass is 10.0. The van der Waals surface area contributed by atoms with Crippen molar-refractivity contribution in [1.29, 1.82) is 0 Å². The van der Waals surface area contributed by atoms with E-state index in [-0.39, 0.29) is 0 Å². The second kappa shape index (κ2) is 36.2. The van der Waals surface area contributed by atoms with Crippen LogP contribution in [0, 0.1) is 0 Å². The highest BCUT2D eigenvalue weighted by Gasteiger charge is 1.98. The summed E-state index contributed by atoms with van der Waals surface area (Å²) in [6.45, 7) is 10.6. The smallest absolute Gasteiger partial charge is 0.150 e. The van der Waals surface area contributed by atoms with Gasteiger partial charge in [0.2, 0.25) is 0 Å². The Balaban J connectivity index is 1.63. The van der Waals surface area contributed by atoms with Crippen molar-refractivity contribution in [2.45, 2.75) is 96.8 Å². The molecule has 0 amide bonds. The number of carbonyl (C=O) groups is 1. The van der Waals surface area contributed by atoms with E-state index in [2.05, 4.69) is 6.92 Å². The maximum Gasteiger partial charge on any atom is 0.150 e. The number of unbranched alkanes of at least 4 members (excludes halogenated alkanes) is 13. The molecule has 0 bridgehead atoms. The van der Waals surface area contributed by atoms with Gasteiger partial charge in [0.25, 0.3) is 0 Å². The maximum atomic E-state index is 10.6. The van der Waals surface area contributed by atoms with Gasteiger partial charge in [-0.3, -0.25) is 4.79 Å². The lowest BCUT2D eigenvalue weighted by Crippen LogP contribution is -2.15. The molecule has 9 nitrogen and oxygen atoms in total. The van der Waals surface area contributed by atoms with E-state index in [1.54, 1.807) is 24.3 Å². The van der Waals surface area contributed by atoms with E-state index < -0.39 is 0 Å². The van der Waals surface area contributed by atoms with Crippen LogP contribution < -0.4 is 4.74 Å². The van der Waals surface area contributed by atoms with Crippen LogP contribution in [-0.4, -0.2) is 105 Å². The van der Waals surface area contributed by atoms with Gasteiger partial charge >= 0.3 is 0 Å². The SMILES string of the molecule is CCCCCCCCCCCCCCCCOCCOCCOCCOCCOCCOCCOCCOc1ccc(C=O)cc1. The van der Waals surface area contributed by atoms with Crippen LogP contribution >= 0.6 is 0 Å². The maximum absolute atomic E-state index is 10.6. The molecule has 0 spiro atoms. The minimum Gasteiger partial charge on any atom is -0.491 e. The first-order valence-corrected chi connectivity index (χ1v) is 18.1. The number of aldehydes is 1. The van der Waals surface area contributed by atoms with Crippen molar-refractivity contribution < 1.29 is 42.7 Å². The third kappa shape index (κ3) is 31.0. The molecule has 0 saturated carbocycles. The highest BCUT2D eigenvalue weighted by atomic mass is 16.6. The number of carbonyl (C=O) groups excluding carboxylic acids is 1. The Labute approximate surface area is 280 Å². The van der Waals surface area contributed by atoms with Crippen molar-refractivity contribution in [2.75, 3.05) is 99.1 Å². The number of rotatable bonds is 38. The van der Waals surface area contributed by atoms with Crippen LogP contribution in [0.15, 0.2) is 24.3 Å². The summed E-state index contributed by atoms with van der Waals surface area (Å²) in [7, 11) is 0. The van der Waals surface area contributed by atoms with Crippen LogP contribution in [0.25, 0.3) is 0 Å². The van der Waals surface area contributed by atoms with Crippen LogP contribution in [0.4, 0.5) is 0 Å². The minimum atomic E-state index is 0.442. The molecule has 268 valence electrons. The van der Waals surface area contributed by atoms with Crippen molar-refractivity contribution in [2.24, 2.45) is 0 Å². The highest BCUT2D eigenvalue weighted by molar-refractivity contribution is 5.74. The van der Waals surface area contributed by atoms with Gasteiger partial charge in [0.1, 0.15) is 18.6 Å². The normalized spacial score (nSPS) is 11.3. The van der Waals surface area contributed by atoms with E-state index >= 15 is 0 Å². The predicted octanol–water partition coefficient (Wildman–Crippen LogP) is 7.48. The van der Waals surface area contributed by atoms with E-state index in [1.807, 2.05) is 0 Å². The molecule has 0 aliphatic carbocycles. The summed E-state index contributed by atoms with van der Waals surface area (Å²) >= 11 is 0. The zero-order valence-corrected chi connectivity index (χ0v) is 29.1. The molecular formula is C37H66O9. The van der Waals surface area contributed by atoms with Crippen LogP contribution in [0.2, 0.25) is 0 Å². The molecule has 0 aromatic heterocycles. The summed E-state index contributed by atoms with van der Waals surface area (Å²) in [5.41, 5.74) is 0.626. The molecular weight excluding hydrogens is 588 g/mol. The number of hydrogen-bond donors (Lipinski definition) is 0.